The fourth-order valence-electron chi connectivity index (χ4n) is 8.04. The second-order valence-corrected chi connectivity index (χ2v) is 16.8. The number of likely N-dealkylation sites (tertiary alicyclic amines) is 1. The number of nitrogens with one attached hydrogen (secondary N) is 3. The molecule has 3 saturated carbocycles. The van der Waals surface area contributed by atoms with Crippen LogP contribution < -0.4 is 16.0 Å². The Labute approximate surface area is 284 Å². The normalized spacial score (nSPS) is 25.0. The number of likely N-dealkylation sites (N-methyl/N-ethyl adjacent to an activating group) is 1. The van der Waals surface area contributed by atoms with E-state index in [4.69, 9.17) is 4.74 Å². The van der Waals surface area contributed by atoms with Gasteiger partial charge in [0.1, 0.15) is 12.1 Å². The van der Waals surface area contributed by atoms with E-state index >= 15 is 0 Å². The lowest BCUT2D eigenvalue weighted by molar-refractivity contribution is -0.145. The molecule has 5 rings (SSSR count). The summed E-state index contributed by atoms with van der Waals surface area (Å²) in [5.41, 5.74) is -1.53. The van der Waals surface area contributed by atoms with Gasteiger partial charge in [-0.2, -0.15) is 4.31 Å². The van der Waals surface area contributed by atoms with E-state index in [9.17, 15) is 32.4 Å². The van der Waals surface area contributed by atoms with Crippen LogP contribution >= 0.6 is 0 Å². The maximum absolute atomic E-state index is 14.4. The van der Waals surface area contributed by atoms with Crippen molar-refractivity contribution in [2.75, 3.05) is 52.2 Å². The van der Waals surface area contributed by atoms with Crippen LogP contribution in [0.15, 0.2) is 0 Å². The fourth-order valence-corrected chi connectivity index (χ4v) is 9.99. The van der Waals surface area contributed by atoms with Crippen LogP contribution in [0, 0.1) is 5.41 Å². The van der Waals surface area contributed by atoms with Gasteiger partial charge in [0.15, 0.2) is 0 Å². The summed E-state index contributed by atoms with van der Waals surface area (Å²) in [6.07, 6.45) is 10.6. The van der Waals surface area contributed by atoms with Gasteiger partial charge in [-0.05, 0) is 56.8 Å². The van der Waals surface area contributed by atoms with E-state index in [1.165, 1.54) is 14.1 Å². The fraction of sp³-hybridized carbons (Fsp3) is 0.848. The molecule has 5 aliphatic rings. The molecule has 48 heavy (non-hydrogen) atoms. The van der Waals surface area contributed by atoms with Gasteiger partial charge in [0, 0.05) is 32.7 Å². The third kappa shape index (κ3) is 8.68. The van der Waals surface area contributed by atoms with Crippen molar-refractivity contribution in [2.24, 2.45) is 5.41 Å². The van der Waals surface area contributed by atoms with E-state index in [-0.39, 0.29) is 30.8 Å². The zero-order valence-corrected chi connectivity index (χ0v) is 29.4. The van der Waals surface area contributed by atoms with Crippen molar-refractivity contribution < 1.29 is 37.1 Å². The largest absolute Gasteiger partial charge is 0.379 e. The Bertz CT molecular complexity index is 1320. The van der Waals surface area contributed by atoms with Gasteiger partial charge in [-0.15, -0.1) is 0 Å². The van der Waals surface area contributed by atoms with Gasteiger partial charge in [-0.3, -0.25) is 19.2 Å². The second-order valence-electron chi connectivity index (χ2n) is 14.8. The Hall–Kier alpha value is -2.78. The average molecular weight is 695 g/mol. The monoisotopic (exact) mass is 694 g/mol. The number of morpholine rings is 1. The molecule has 3 aliphatic carbocycles. The Morgan fingerprint density at radius 3 is 2.12 bits per heavy atom. The van der Waals surface area contributed by atoms with E-state index in [2.05, 4.69) is 16.0 Å². The number of amides is 5. The summed E-state index contributed by atoms with van der Waals surface area (Å²) in [6, 6.07) is -2.27. The van der Waals surface area contributed by atoms with Crippen molar-refractivity contribution in [1.29, 1.82) is 0 Å². The summed E-state index contributed by atoms with van der Waals surface area (Å²) in [5, 5.41) is 8.62. The standard InChI is InChI=1S/C33H54N6O8S/c1-32(13-5-3-6-14-32)27(30(43)39-17-9-10-25(39)28(41)34-22-26(40)29(42)37(2)24-11-12-24)35-31(44)36-33(15-7-4-8-16-33)23-48(45,46)38-18-20-47-21-19-38/h24-25,27H,3-23H2,1-2H3,(H,34,41)(H2,35,36,44)/t25-,27+/m0/s1. The lowest BCUT2D eigenvalue weighted by Crippen LogP contribution is -2.64. The van der Waals surface area contributed by atoms with Crippen LogP contribution in [0.25, 0.3) is 0 Å². The maximum atomic E-state index is 14.4. The number of nitrogens with zero attached hydrogens (tertiary/aromatic N) is 3. The van der Waals surface area contributed by atoms with Crippen LogP contribution in [0.3, 0.4) is 0 Å². The number of rotatable bonds is 12. The lowest BCUT2D eigenvalue weighted by atomic mass is 9.70. The van der Waals surface area contributed by atoms with Crippen molar-refractivity contribution in [3.8, 4) is 0 Å². The zero-order valence-electron chi connectivity index (χ0n) is 28.6. The number of carbonyl (C=O) groups is 5. The van der Waals surface area contributed by atoms with E-state index in [0.717, 1.165) is 64.2 Å². The Morgan fingerprint density at radius 2 is 1.50 bits per heavy atom. The molecule has 2 saturated heterocycles. The molecule has 0 unspecified atom stereocenters. The molecule has 0 aromatic carbocycles. The van der Waals surface area contributed by atoms with Crippen LogP contribution in [-0.4, -0.2) is 128 Å². The van der Waals surface area contributed by atoms with Crippen LogP contribution in [0.5, 0.6) is 0 Å². The molecular weight excluding hydrogens is 640 g/mol. The first-order chi connectivity index (χ1) is 22.8. The third-order valence-electron chi connectivity index (χ3n) is 11.1. The highest BCUT2D eigenvalue weighted by atomic mass is 32.2. The molecule has 2 aliphatic heterocycles. The molecule has 2 heterocycles. The molecule has 5 fully saturated rings. The number of hydrogen-bond donors (Lipinski definition) is 3. The number of hydrogen-bond acceptors (Lipinski definition) is 8. The molecule has 0 radical (unpaired) electrons. The molecule has 3 N–H and O–H groups in total. The number of ketones is 1. The van der Waals surface area contributed by atoms with Gasteiger partial charge in [0.25, 0.3) is 5.91 Å². The highest BCUT2D eigenvalue weighted by molar-refractivity contribution is 7.89. The Morgan fingerprint density at radius 1 is 0.875 bits per heavy atom. The molecule has 270 valence electrons. The first-order valence-corrected chi connectivity index (χ1v) is 19.5. The van der Waals surface area contributed by atoms with Gasteiger partial charge in [-0.1, -0.05) is 45.4 Å². The van der Waals surface area contributed by atoms with E-state index in [1.807, 2.05) is 6.92 Å². The molecule has 0 spiro atoms. The Balaban J connectivity index is 1.28. The Kier molecular flexibility index (Phi) is 11.7. The quantitative estimate of drug-likeness (QED) is 0.256. The summed E-state index contributed by atoms with van der Waals surface area (Å²) in [5.74, 6) is -2.41. The number of urea groups is 1. The lowest BCUT2D eigenvalue weighted by Gasteiger charge is -2.44. The minimum atomic E-state index is -3.67. The highest BCUT2D eigenvalue weighted by Gasteiger charge is 2.47. The number of Topliss-reactive ketones (excluding diaryl/α,β-unsaturated/α-hetero) is 1. The first kappa shape index (κ1) is 36.5. The molecule has 2 atom stereocenters. The average Bonchev–Trinajstić information content (AvgIpc) is 3.81. The van der Waals surface area contributed by atoms with Crippen molar-refractivity contribution >= 4 is 39.6 Å². The summed E-state index contributed by atoms with van der Waals surface area (Å²) in [7, 11) is -2.09. The minimum absolute atomic E-state index is 0.0741. The summed E-state index contributed by atoms with van der Waals surface area (Å²) in [6.45, 7) is 3.13. The minimum Gasteiger partial charge on any atom is -0.379 e. The molecule has 0 aromatic heterocycles. The van der Waals surface area contributed by atoms with Crippen LogP contribution in [0.2, 0.25) is 0 Å². The topological polar surface area (TPSA) is 175 Å². The molecule has 14 nitrogen and oxygen atoms in total. The van der Waals surface area contributed by atoms with Crippen molar-refractivity contribution in [1.82, 2.24) is 30.1 Å². The summed E-state index contributed by atoms with van der Waals surface area (Å²) in [4.78, 5) is 69.5. The maximum Gasteiger partial charge on any atom is 0.315 e. The van der Waals surface area contributed by atoms with E-state index < -0.39 is 63.2 Å². The predicted molar refractivity (Wildman–Crippen MR) is 177 cm³/mol. The molecule has 0 bridgehead atoms. The first-order valence-electron chi connectivity index (χ1n) is 17.9. The van der Waals surface area contributed by atoms with E-state index in [1.54, 1.807) is 7.05 Å². The summed E-state index contributed by atoms with van der Waals surface area (Å²) < 4.78 is 33.8. The van der Waals surface area contributed by atoms with Gasteiger partial charge in [-0.25, -0.2) is 13.2 Å². The van der Waals surface area contributed by atoms with Gasteiger partial charge >= 0.3 is 6.03 Å². The third-order valence-corrected chi connectivity index (χ3v) is 13.2. The van der Waals surface area contributed by atoms with Crippen molar-refractivity contribution in [3.63, 3.8) is 0 Å². The summed E-state index contributed by atoms with van der Waals surface area (Å²) >= 11 is 0. The van der Waals surface area contributed by atoms with Crippen LogP contribution in [-0.2, 0) is 33.9 Å². The van der Waals surface area contributed by atoms with Crippen molar-refractivity contribution in [2.45, 2.75) is 120 Å². The predicted octanol–water partition coefficient (Wildman–Crippen LogP) is 1.29. The molecule has 0 aromatic rings. The van der Waals surface area contributed by atoms with Gasteiger partial charge in [0.2, 0.25) is 27.6 Å². The zero-order chi connectivity index (χ0) is 34.5. The number of carbonyl (C=O) groups excluding carboxylic acids is 5. The van der Waals surface area contributed by atoms with Crippen LogP contribution in [0.1, 0.15) is 96.8 Å². The second kappa shape index (κ2) is 15.4. The number of ether oxygens (including phenoxy) is 1. The van der Waals surface area contributed by atoms with Crippen molar-refractivity contribution in [3.05, 3.63) is 0 Å². The molecular formula is C33H54N6O8S. The van der Waals surface area contributed by atoms with E-state index in [0.29, 0.717) is 45.4 Å². The molecule has 5 amide bonds. The van der Waals surface area contributed by atoms with Crippen LogP contribution in [0.4, 0.5) is 4.79 Å². The highest BCUT2D eigenvalue weighted by Crippen LogP contribution is 2.40. The molecule has 15 heteroatoms. The number of sulfonamides is 1. The van der Waals surface area contributed by atoms with Gasteiger partial charge < -0.3 is 30.5 Å². The SMILES string of the molecule is CN(C(=O)C(=O)CNC(=O)[C@@H]1CCCN1C(=O)[C@@H](NC(=O)NC1(CS(=O)(=O)N2CCOCC2)CCCCC1)C1(C)CCCCC1)C1CC1. The smallest absolute Gasteiger partial charge is 0.315 e. The van der Waals surface area contributed by atoms with Gasteiger partial charge in [0.05, 0.1) is 31.1 Å².